The normalized spacial score (nSPS) is 18.0. The Kier molecular flexibility index (Phi) is 5.03. The minimum atomic E-state index is 0.106. The molecule has 1 aromatic carbocycles. The number of amides is 2. The van der Waals surface area contributed by atoms with E-state index in [1.807, 2.05) is 34.1 Å². The highest BCUT2D eigenvalue weighted by atomic mass is 32.2. The highest BCUT2D eigenvalue weighted by Crippen LogP contribution is 2.26. The number of likely N-dealkylation sites (tertiary alicyclic amines) is 2. The molecule has 2 aliphatic rings. The van der Waals surface area contributed by atoms with Gasteiger partial charge in [0.05, 0.1) is 11.3 Å². The maximum absolute atomic E-state index is 12.6. The fourth-order valence-corrected chi connectivity index (χ4v) is 4.00. The second-order valence-corrected chi connectivity index (χ2v) is 6.89. The van der Waals surface area contributed by atoms with E-state index in [2.05, 4.69) is 0 Å². The highest BCUT2D eigenvalue weighted by molar-refractivity contribution is 8.00. The van der Waals surface area contributed by atoms with Crippen LogP contribution in [0.5, 0.6) is 0 Å². The van der Waals surface area contributed by atoms with Crippen molar-refractivity contribution in [3.8, 4) is 0 Å². The smallest absolute Gasteiger partial charge is 0.254 e. The average molecular weight is 318 g/mol. The Hall–Kier alpha value is -1.49. The van der Waals surface area contributed by atoms with E-state index in [0.717, 1.165) is 62.3 Å². The van der Waals surface area contributed by atoms with Gasteiger partial charge in [0.2, 0.25) is 5.91 Å². The molecule has 0 N–H and O–H groups in total. The summed E-state index contributed by atoms with van der Waals surface area (Å²) in [7, 11) is 0. The number of hydrogen-bond acceptors (Lipinski definition) is 3. The predicted octanol–water partition coefficient (Wildman–Crippen LogP) is 2.64. The molecule has 2 heterocycles. The lowest BCUT2D eigenvalue weighted by Crippen LogP contribution is -2.29. The van der Waals surface area contributed by atoms with Crippen LogP contribution in [-0.2, 0) is 4.79 Å². The van der Waals surface area contributed by atoms with E-state index < -0.39 is 0 Å². The van der Waals surface area contributed by atoms with Crippen LogP contribution in [0, 0.1) is 0 Å². The van der Waals surface area contributed by atoms with Crippen LogP contribution >= 0.6 is 11.8 Å². The van der Waals surface area contributed by atoms with Gasteiger partial charge in [-0.2, -0.15) is 0 Å². The van der Waals surface area contributed by atoms with E-state index in [1.165, 1.54) is 11.8 Å². The molecule has 0 unspecified atom stereocenters. The first-order chi connectivity index (χ1) is 10.8. The molecule has 0 saturated carbocycles. The molecule has 118 valence electrons. The molecule has 22 heavy (non-hydrogen) atoms. The molecule has 2 aliphatic heterocycles. The van der Waals surface area contributed by atoms with Gasteiger partial charge in [0.1, 0.15) is 0 Å². The van der Waals surface area contributed by atoms with Gasteiger partial charge >= 0.3 is 0 Å². The van der Waals surface area contributed by atoms with Crippen molar-refractivity contribution in [2.45, 2.75) is 30.6 Å². The number of carbonyl (C=O) groups excluding carboxylic acids is 2. The third-order valence-corrected chi connectivity index (χ3v) is 5.38. The monoisotopic (exact) mass is 318 g/mol. The Bertz CT molecular complexity index is 549. The van der Waals surface area contributed by atoms with Crippen molar-refractivity contribution in [2.24, 2.45) is 0 Å². The molecule has 2 fully saturated rings. The molecule has 0 bridgehead atoms. The van der Waals surface area contributed by atoms with Crippen molar-refractivity contribution in [1.29, 1.82) is 0 Å². The third-order valence-electron chi connectivity index (χ3n) is 4.32. The van der Waals surface area contributed by atoms with Gasteiger partial charge < -0.3 is 9.80 Å². The molecule has 0 aliphatic carbocycles. The lowest BCUT2D eigenvalue weighted by Gasteiger charge is -2.18. The number of thioether (sulfide) groups is 1. The molecule has 0 spiro atoms. The van der Waals surface area contributed by atoms with Gasteiger partial charge in [0, 0.05) is 31.1 Å². The Balaban J connectivity index is 1.65. The van der Waals surface area contributed by atoms with Crippen LogP contribution in [0.25, 0.3) is 0 Å². The molecular formula is C17H22N2O2S. The van der Waals surface area contributed by atoms with Gasteiger partial charge in [0.15, 0.2) is 0 Å². The quantitative estimate of drug-likeness (QED) is 0.801. The molecule has 0 atom stereocenters. The second-order valence-electron chi connectivity index (χ2n) is 5.87. The molecule has 3 rings (SSSR count). The van der Waals surface area contributed by atoms with E-state index in [9.17, 15) is 9.59 Å². The van der Waals surface area contributed by atoms with E-state index in [4.69, 9.17) is 0 Å². The molecular weight excluding hydrogens is 296 g/mol. The predicted molar refractivity (Wildman–Crippen MR) is 88.1 cm³/mol. The summed E-state index contributed by atoms with van der Waals surface area (Å²) in [6.07, 6.45) is 4.41. The third kappa shape index (κ3) is 3.46. The zero-order valence-electron chi connectivity index (χ0n) is 12.8. The maximum Gasteiger partial charge on any atom is 0.254 e. The largest absolute Gasteiger partial charge is 0.342 e. The molecule has 1 aromatic rings. The van der Waals surface area contributed by atoms with Crippen molar-refractivity contribution in [1.82, 2.24) is 9.80 Å². The molecule has 0 aromatic heterocycles. The summed E-state index contributed by atoms with van der Waals surface area (Å²) >= 11 is 1.49. The minimum Gasteiger partial charge on any atom is -0.342 e. The first-order valence-electron chi connectivity index (χ1n) is 8.04. The SMILES string of the molecule is O=C(CSc1ccccc1C(=O)N1CCCC1)N1CCCC1. The van der Waals surface area contributed by atoms with Crippen molar-refractivity contribution >= 4 is 23.6 Å². The van der Waals surface area contributed by atoms with E-state index in [-0.39, 0.29) is 11.8 Å². The number of hydrogen-bond donors (Lipinski definition) is 0. The summed E-state index contributed by atoms with van der Waals surface area (Å²) in [6.45, 7) is 3.47. The van der Waals surface area contributed by atoms with Crippen molar-refractivity contribution in [3.63, 3.8) is 0 Å². The minimum absolute atomic E-state index is 0.106. The first kappa shape index (κ1) is 15.4. The molecule has 5 heteroatoms. The van der Waals surface area contributed by atoms with E-state index in [1.54, 1.807) is 0 Å². The van der Waals surface area contributed by atoms with Crippen LogP contribution in [0.2, 0.25) is 0 Å². The second kappa shape index (κ2) is 7.18. The average Bonchev–Trinajstić information content (AvgIpc) is 3.24. The van der Waals surface area contributed by atoms with Crippen LogP contribution in [-0.4, -0.2) is 53.5 Å². The molecule has 0 radical (unpaired) electrons. The number of rotatable bonds is 4. The van der Waals surface area contributed by atoms with Crippen LogP contribution in [0.4, 0.5) is 0 Å². The van der Waals surface area contributed by atoms with Gasteiger partial charge in [-0.3, -0.25) is 9.59 Å². The lowest BCUT2D eigenvalue weighted by molar-refractivity contribution is -0.127. The summed E-state index contributed by atoms with van der Waals surface area (Å²) in [5.41, 5.74) is 0.739. The van der Waals surface area contributed by atoms with E-state index >= 15 is 0 Å². The lowest BCUT2D eigenvalue weighted by atomic mass is 10.2. The fourth-order valence-electron chi connectivity index (χ4n) is 3.06. The van der Waals surface area contributed by atoms with Crippen molar-refractivity contribution < 1.29 is 9.59 Å². The summed E-state index contributed by atoms with van der Waals surface area (Å²) in [6, 6.07) is 7.66. The van der Waals surface area contributed by atoms with Gasteiger partial charge in [-0.15, -0.1) is 11.8 Å². The summed E-state index contributed by atoms with van der Waals surface area (Å²) in [4.78, 5) is 29.5. The van der Waals surface area contributed by atoms with Crippen LogP contribution in [0.15, 0.2) is 29.2 Å². The fraction of sp³-hybridized carbons (Fsp3) is 0.529. The van der Waals surface area contributed by atoms with Gasteiger partial charge in [-0.05, 0) is 37.8 Å². The summed E-state index contributed by atoms with van der Waals surface area (Å²) in [5, 5.41) is 0. The van der Waals surface area contributed by atoms with Gasteiger partial charge in [-0.25, -0.2) is 0 Å². The molecule has 4 nitrogen and oxygen atoms in total. The van der Waals surface area contributed by atoms with Crippen LogP contribution in [0.3, 0.4) is 0 Å². The molecule has 2 amide bonds. The topological polar surface area (TPSA) is 40.6 Å². The van der Waals surface area contributed by atoms with Crippen molar-refractivity contribution in [3.05, 3.63) is 29.8 Å². The van der Waals surface area contributed by atoms with Crippen molar-refractivity contribution in [2.75, 3.05) is 31.9 Å². The summed E-state index contributed by atoms with van der Waals surface area (Å²) in [5.74, 6) is 0.713. The Morgan fingerprint density at radius 3 is 2.18 bits per heavy atom. The Labute approximate surface area is 135 Å². The van der Waals surface area contributed by atoms with Crippen LogP contribution < -0.4 is 0 Å². The zero-order chi connectivity index (χ0) is 15.4. The van der Waals surface area contributed by atoms with Crippen LogP contribution in [0.1, 0.15) is 36.0 Å². The number of carbonyl (C=O) groups is 2. The van der Waals surface area contributed by atoms with E-state index in [0.29, 0.717) is 5.75 Å². The maximum atomic E-state index is 12.6. The standard InChI is InChI=1S/C17H22N2O2S/c20-16(18-9-3-4-10-18)13-22-15-8-2-1-7-14(15)17(21)19-11-5-6-12-19/h1-2,7-8H,3-6,9-13H2. The highest BCUT2D eigenvalue weighted by Gasteiger charge is 2.23. The summed E-state index contributed by atoms with van der Waals surface area (Å²) < 4.78 is 0. The number of benzene rings is 1. The number of nitrogens with zero attached hydrogens (tertiary/aromatic N) is 2. The zero-order valence-corrected chi connectivity index (χ0v) is 13.6. The Morgan fingerprint density at radius 1 is 0.909 bits per heavy atom. The molecule has 2 saturated heterocycles. The van der Waals surface area contributed by atoms with Gasteiger partial charge in [0.25, 0.3) is 5.91 Å². The first-order valence-corrected chi connectivity index (χ1v) is 9.03. The Morgan fingerprint density at radius 2 is 1.50 bits per heavy atom. The van der Waals surface area contributed by atoms with Gasteiger partial charge in [-0.1, -0.05) is 12.1 Å².